The summed E-state index contributed by atoms with van der Waals surface area (Å²) in [5, 5.41) is 4.19. The fraction of sp³-hybridized carbons (Fsp3) is 0.667. The number of hydrogen-bond donors (Lipinski definition) is 1. The van der Waals surface area contributed by atoms with Gasteiger partial charge >= 0.3 is 0 Å². The minimum absolute atomic E-state index is 0.645. The van der Waals surface area contributed by atoms with E-state index in [9.17, 15) is 0 Å². The van der Waals surface area contributed by atoms with Gasteiger partial charge in [0.15, 0.2) is 0 Å². The van der Waals surface area contributed by atoms with Crippen LogP contribution in [0.15, 0.2) is 6.20 Å². The molecule has 1 atom stereocenters. The molecule has 0 bridgehead atoms. The molecule has 3 nitrogen and oxygen atoms in total. The Kier molecular flexibility index (Phi) is 2.74. The molecule has 1 rings (SSSR count). The Morgan fingerprint density at radius 1 is 1.67 bits per heavy atom. The second-order valence-electron chi connectivity index (χ2n) is 3.41. The molecule has 0 amide bonds. The third-order valence-electron chi connectivity index (χ3n) is 2.25. The summed E-state index contributed by atoms with van der Waals surface area (Å²) >= 11 is 0. The summed E-state index contributed by atoms with van der Waals surface area (Å²) < 4.78 is 1.88. The first-order valence-corrected chi connectivity index (χ1v) is 4.43. The van der Waals surface area contributed by atoms with Crippen LogP contribution in [0.2, 0.25) is 0 Å². The molecule has 68 valence electrons. The van der Waals surface area contributed by atoms with E-state index in [0.29, 0.717) is 5.92 Å². The first kappa shape index (κ1) is 9.10. The molecular formula is C9H17N3. The number of nitrogen functional groups attached to an aromatic ring is 1. The minimum atomic E-state index is 0.645. The molecule has 3 heteroatoms. The van der Waals surface area contributed by atoms with Gasteiger partial charge in [0.25, 0.3) is 0 Å². The van der Waals surface area contributed by atoms with Crippen LogP contribution in [-0.2, 0) is 6.54 Å². The van der Waals surface area contributed by atoms with E-state index in [0.717, 1.165) is 17.9 Å². The molecule has 0 aliphatic heterocycles. The molecule has 0 fully saturated rings. The Balaban J connectivity index is 2.69. The topological polar surface area (TPSA) is 43.8 Å². The van der Waals surface area contributed by atoms with E-state index >= 15 is 0 Å². The van der Waals surface area contributed by atoms with E-state index in [1.807, 2.05) is 17.8 Å². The maximum atomic E-state index is 5.81. The zero-order valence-electron chi connectivity index (χ0n) is 8.04. The van der Waals surface area contributed by atoms with Crippen molar-refractivity contribution in [3.05, 3.63) is 11.8 Å². The largest absolute Gasteiger partial charge is 0.384 e. The van der Waals surface area contributed by atoms with Crippen LogP contribution in [0.3, 0.4) is 0 Å². The lowest BCUT2D eigenvalue weighted by atomic mass is 10.1. The van der Waals surface area contributed by atoms with Gasteiger partial charge in [0.05, 0.1) is 6.20 Å². The molecule has 1 aromatic heterocycles. The predicted octanol–water partition coefficient (Wildman–Crippen LogP) is 1.82. The fourth-order valence-corrected chi connectivity index (χ4v) is 1.06. The summed E-state index contributed by atoms with van der Waals surface area (Å²) in [7, 11) is 0. The first-order chi connectivity index (χ1) is 5.65. The Bertz CT molecular complexity index is 252. The minimum Gasteiger partial charge on any atom is -0.384 e. The molecule has 0 spiro atoms. The molecule has 1 unspecified atom stereocenters. The number of nitrogens with two attached hydrogens (primary N) is 1. The molecule has 0 saturated heterocycles. The summed E-state index contributed by atoms with van der Waals surface area (Å²) in [6.07, 6.45) is 2.98. The van der Waals surface area contributed by atoms with Gasteiger partial charge in [0, 0.05) is 12.1 Å². The number of rotatable bonds is 3. The van der Waals surface area contributed by atoms with Gasteiger partial charge in [-0.05, 0) is 12.8 Å². The van der Waals surface area contributed by atoms with Crippen molar-refractivity contribution in [2.45, 2.75) is 33.7 Å². The summed E-state index contributed by atoms with van der Waals surface area (Å²) in [6.45, 7) is 7.29. The lowest BCUT2D eigenvalue weighted by Gasteiger charge is -2.09. The van der Waals surface area contributed by atoms with Crippen LogP contribution < -0.4 is 5.73 Å². The average Bonchev–Trinajstić information content (AvgIpc) is 2.36. The Morgan fingerprint density at radius 3 is 2.75 bits per heavy atom. The molecule has 1 aromatic rings. The van der Waals surface area contributed by atoms with Crippen molar-refractivity contribution in [3.8, 4) is 0 Å². The van der Waals surface area contributed by atoms with E-state index in [-0.39, 0.29) is 0 Å². The summed E-state index contributed by atoms with van der Waals surface area (Å²) in [5.74, 6) is 1.45. The predicted molar refractivity (Wildman–Crippen MR) is 50.8 cm³/mol. The normalized spacial score (nSPS) is 13.2. The zero-order valence-corrected chi connectivity index (χ0v) is 8.04. The average molecular weight is 167 g/mol. The smallest absolute Gasteiger partial charge is 0.124 e. The van der Waals surface area contributed by atoms with E-state index in [2.05, 4.69) is 18.9 Å². The zero-order chi connectivity index (χ0) is 9.14. The Hall–Kier alpha value is -0.990. The highest BCUT2D eigenvalue weighted by Gasteiger charge is 2.05. The monoisotopic (exact) mass is 167 g/mol. The molecular weight excluding hydrogens is 150 g/mol. The molecule has 0 aliphatic rings. The van der Waals surface area contributed by atoms with E-state index in [4.69, 9.17) is 5.73 Å². The first-order valence-electron chi connectivity index (χ1n) is 4.43. The molecule has 1 heterocycles. The van der Waals surface area contributed by atoms with E-state index in [1.54, 1.807) is 0 Å². The van der Waals surface area contributed by atoms with Crippen LogP contribution in [0.25, 0.3) is 0 Å². The molecule has 0 saturated carbocycles. The lowest BCUT2D eigenvalue weighted by Crippen LogP contribution is -2.10. The van der Waals surface area contributed by atoms with Crippen molar-refractivity contribution in [3.63, 3.8) is 0 Å². The molecule has 0 aromatic carbocycles. The van der Waals surface area contributed by atoms with Crippen molar-refractivity contribution < 1.29 is 0 Å². The van der Waals surface area contributed by atoms with Crippen LogP contribution >= 0.6 is 0 Å². The molecule has 2 N–H and O–H groups in total. The van der Waals surface area contributed by atoms with E-state index < -0.39 is 0 Å². The van der Waals surface area contributed by atoms with Crippen molar-refractivity contribution in [1.82, 2.24) is 9.78 Å². The van der Waals surface area contributed by atoms with E-state index in [1.165, 1.54) is 6.42 Å². The summed E-state index contributed by atoms with van der Waals surface area (Å²) in [4.78, 5) is 0. The van der Waals surface area contributed by atoms with Crippen LogP contribution in [0.1, 0.15) is 25.8 Å². The molecule has 0 aliphatic carbocycles. The van der Waals surface area contributed by atoms with Crippen molar-refractivity contribution >= 4 is 5.82 Å². The second kappa shape index (κ2) is 3.61. The second-order valence-corrected chi connectivity index (χ2v) is 3.41. The lowest BCUT2D eigenvalue weighted by molar-refractivity contribution is 0.443. The van der Waals surface area contributed by atoms with Crippen LogP contribution in [0.5, 0.6) is 0 Å². The quantitative estimate of drug-likeness (QED) is 0.746. The third-order valence-corrected chi connectivity index (χ3v) is 2.25. The Morgan fingerprint density at radius 2 is 2.33 bits per heavy atom. The Labute approximate surface area is 73.6 Å². The number of aromatic nitrogens is 2. The number of aryl methyl sites for hydroxylation is 1. The maximum Gasteiger partial charge on any atom is 0.124 e. The number of anilines is 1. The molecule has 0 radical (unpaired) electrons. The maximum absolute atomic E-state index is 5.81. The standard InChI is InChI=1S/C9H17N3/c1-4-7(2)6-12-9(10)8(3)5-11-12/h5,7H,4,6,10H2,1-3H3. The fourth-order valence-electron chi connectivity index (χ4n) is 1.06. The summed E-state index contributed by atoms with van der Waals surface area (Å²) in [6, 6.07) is 0. The van der Waals surface area contributed by atoms with Gasteiger partial charge in [-0.2, -0.15) is 5.10 Å². The van der Waals surface area contributed by atoms with Gasteiger partial charge in [0.1, 0.15) is 5.82 Å². The highest BCUT2D eigenvalue weighted by atomic mass is 15.3. The summed E-state index contributed by atoms with van der Waals surface area (Å²) in [5.41, 5.74) is 6.87. The highest BCUT2D eigenvalue weighted by Crippen LogP contribution is 2.12. The number of hydrogen-bond acceptors (Lipinski definition) is 2. The van der Waals surface area contributed by atoms with Crippen LogP contribution in [0.4, 0.5) is 5.82 Å². The van der Waals surface area contributed by atoms with Crippen molar-refractivity contribution in [2.75, 3.05) is 5.73 Å². The SMILES string of the molecule is CCC(C)Cn1ncc(C)c1N. The third kappa shape index (κ3) is 1.78. The van der Waals surface area contributed by atoms with Crippen molar-refractivity contribution in [2.24, 2.45) is 5.92 Å². The van der Waals surface area contributed by atoms with Crippen LogP contribution in [0, 0.1) is 12.8 Å². The van der Waals surface area contributed by atoms with Gasteiger partial charge in [0.2, 0.25) is 0 Å². The van der Waals surface area contributed by atoms with Gasteiger partial charge in [-0.25, -0.2) is 4.68 Å². The van der Waals surface area contributed by atoms with Gasteiger partial charge in [-0.15, -0.1) is 0 Å². The van der Waals surface area contributed by atoms with Gasteiger partial charge < -0.3 is 5.73 Å². The number of nitrogens with zero attached hydrogens (tertiary/aromatic N) is 2. The van der Waals surface area contributed by atoms with Crippen LogP contribution in [-0.4, -0.2) is 9.78 Å². The highest BCUT2D eigenvalue weighted by molar-refractivity contribution is 5.36. The van der Waals surface area contributed by atoms with Crippen molar-refractivity contribution in [1.29, 1.82) is 0 Å². The molecule has 12 heavy (non-hydrogen) atoms. The van der Waals surface area contributed by atoms with Gasteiger partial charge in [-0.3, -0.25) is 0 Å². The van der Waals surface area contributed by atoms with Gasteiger partial charge in [-0.1, -0.05) is 20.3 Å².